The largest absolute Gasteiger partial charge is 0.357 e. The van der Waals surface area contributed by atoms with Crippen LogP contribution in [0.4, 0.5) is 0 Å². The van der Waals surface area contributed by atoms with Gasteiger partial charge < -0.3 is 10.3 Å². The number of hydrogen-bond donors (Lipinski definition) is 1. The zero-order chi connectivity index (χ0) is 10.8. The van der Waals surface area contributed by atoms with Gasteiger partial charge in [-0.05, 0) is 5.56 Å². The lowest BCUT2D eigenvalue weighted by molar-refractivity contribution is 0.275. The lowest BCUT2D eigenvalue weighted by Gasteiger charge is -2.10. The highest BCUT2D eigenvalue weighted by Crippen LogP contribution is 2.17. The molecule has 1 heterocycles. The van der Waals surface area contributed by atoms with Crippen molar-refractivity contribution < 1.29 is 4.52 Å². The number of rotatable bonds is 2. The van der Waals surface area contributed by atoms with Crippen molar-refractivity contribution in [2.24, 2.45) is 12.8 Å². The van der Waals surface area contributed by atoms with Crippen LogP contribution in [0, 0.1) is 0 Å². The van der Waals surface area contributed by atoms with Gasteiger partial charge in [-0.3, -0.25) is 0 Å². The van der Waals surface area contributed by atoms with Crippen LogP contribution in [0.25, 0.3) is 0 Å². The Morgan fingerprint density at radius 3 is 2.53 bits per heavy atom. The molecule has 0 radical (unpaired) electrons. The van der Waals surface area contributed by atoms with Gasteiger partial charge in [0.05, 0.1) is 17.8 Å². The predicted octanol–water partition coefficient (Wildman–Crippen LogP) is 1.03. The Labute approximate surface area is 86.9 Å². The van der Waals surface area contributed by atoms with Gasteiger partial charge in [-0.2, -0.15) is 0 Å². The van der Waals surface area contributed by atoms with E-state index in [1.54, 1.807) is 7.05 Å². The van der Waals surface area contributed by atoms with E-state index in [0.29, 0.717) is 5.69 Å². The zero-order valence-corrected chi connectivity index (χ0v) is 8.38. The van der Waals surface area contributed by atoms with Crippen molar-refractivity contribution in [1.29, 1.82) is 0 Å². The van der Waals surface area contributed by atoms with Crippen molar-refractivity contribution in [3.8, 4) is 0 Å². The minimum atomic E-state index is -0.376. The molecule has 4 nitrogen and oxygen atoms in total. The second kappa shape index (κ2) is 3.74. The van der Waals surface area contributed by atoms with Crippen LogP contribution in [0.2, 0.25) is 0 Å². The molecule has 78 valence electrons. The van der Waals surface area contributed by atoms with Gasteiger partial charge in [-0.25, -0.2) is 9.53 Å². The summed E-state index contributed by atoms with van der Waals surface area (Å²) in [6, 6.07) is 10.7. The predicted molar refractivity (Wildman–Crippen MR) is 56.4 cm³/mol. The summed E-state index contributed by atoms with van der Waals surface area (Å²) in [5, 5.41) is 0. The van der Waals surface area contributed by atoms with Gasteiger partial charge in [0.25, 0.3) is 0 Å². The molecule has 0 bridgehead atoms. The van der Waals surface area contributed by atoms with Crippen molar-refractivity contribution in [1.82, 2.24) is 4.74 Å². The molecule has 0 saturated carbocycles. The summed E-state index contributed by atoms with van der Waals surface area (Å²) in [5.41, 5.74) is 7.26. The first-order valence-electron chi connectivity index (χ1n) is 4.66. The normalized spacial score (nSPS) is 12.7. The summed E-state index contributed by atoms with van der Waals surface area (Å²) in [7, 11) is 1.67. The summed E-state index contributed by atoms with van der Waals surface area (Å²) in [6.07, 6.45) is 0. The van der Waals surface area contributed by atoms with Crippen molar-refractivity contribution >= 4 is 0 Å². The van der Waals surface area contributed by atoms with E-state index in [1.165, 1.54) is 10.8 Å². The quantitative estimate of drug-likeness (QED) is 0.794. The average Bonchev–Trinajstić information content (AvgIpc) is 2.58. The highest BCUT2D eigenvalue weighted by Gasteiger charge is 2.14. The fourth-order valence-electron chi connectivity index (χ4n) is 1.54. The minimum absolute atomic E-state index is 0.331. The van der Waals surface area contributed by atoms with Crippen LogP contribution in [-0.4, -0.2) is 4.74 Å². The van der Waals surface area contributed by atoms with Crippen LogP contribution in [0.5, 0.6) is 0 Å². The third kappa shape index (κ3) is 1.85. The van der Waals surface area contributed by atoms with Crippen LogP contribution in [-0.2, 0) is 7.05 Å². The molecular formula is C11H12N2O2. The molecule has 2 N–H and O–H groups in total. The molecule has 0 fully saturated rings. The average molecular weight is 204 g/mol. The minimum Gasteiger partial charge on any atom is -0.336 e. The van der Waals surface area contributed by atoms with E-state index in [9.17, 15) is 4.79 Å². The summed E-state index contributed by atoms with van der Waals surface area (Å²) in [4.78, 5) is 11.0. The monoisotopic (exact) mass is 204 g/mol. The Balaban J connectivity index is 2.41. The van der Waals surface area contributed by atoms with Crippen LogP contribution in [0.3, 0.4) is 0 Å². The van der Waals surface area contributed by atoms with E-state index < -0.39 is 0 Å². The molecule has 1 unspecified atom stereocenters. The van der Waals surface area contributed by atoms with Gasteiger partial charge in [0.1, 0.15) is 0 Å². The number of hydrogen-bond acceptors (Lipinski definition) is 3. The molecule has 0 aliphatic rings. The second-order valence-electron chi connectivity index (χ2n) is 3.37. The van der Waals surface area contributed by atoms with E-state index in [1.807, 2.05) is 30.3 Å². The van der Waals surface area contributed by atoms with Crippen molar-refractivity contribution in [3.05, 3.63) is 58.1 Å². The number of nitrogens with two attached hydrogens (primary N) is 1. The van der Waals surface area contributed by atoms with Crippen molar-refractivity contribution in [2.75, 3.05) is 0 Å². The Hall–Kier alpha value is -1.81. The first kappa shape index (κ1) is 9.73. The molecule has 1 aromatic heterocycles. The first-order chi connectivity index (χ1) is 7.18. The van der Waals surface area contributed by atoms with E-state index in [4.69, 9.17) is 10.3 Å². The van der Waals surface area contributed by atoms with Gasteiger partial charge in [0.2, 0.25) is 0 Å². The Bertz CT molecular complexity index is 499. The number of nitrogens with zero attached hydrogens (tertiary/aromatic N) is 1. The molecule has 1 aromatic carbocycles. The van der Waals surface area contributed by atoms with Gasteiger partial charge in [0, 0.05) is 7.05 Å². The highest BCUT2D eigenvalue weighted by atomic mass is 16.5. The molecule has 1 atom stereocenters. The second-order valence-corrected chi connectivity index (χ2v) is 3.37. The zero-order valence-electron chi connectivity index (χ0n) is 8.38. The molecule has 0 spiro atoms. The summed E-state index contributed by atoms with van der Waals surface area (Å²) >= 11 is 0. The van der Waals surface area contributed by atoms with Crippen molar-refractivity contribution in [2.45, 2.75) is 6.04 Å². The van der Waals surface area contributed by atoms with E-state index in [-0.39, 0.29) is 11.7 Å². The summed E-state index contributed by atoms with van der Waals surface area (Å²) in [6.45, 7) is 0. The third-order valence-corrected chi connectivity index (χ3v) is 2.33. The lowest BCUT2D eigenvalue weighted by Crippen LogP contribution is -2.14. The third-order valence-electron chi connectivity index (χ3n) is 2.33. The van der Waals surface area contributed by atoms with Crippen molar-refractivity contribution in [3.63, 3.8) is 0 Å². The fourth-order valence-corrected chi connectivity index (χ4v) is 1.54. The Kier molecular flexibility index (Phi) is 2.43. The van der Waals surface area contributed by atoms with E-state index in [2.05, 4.69) is 0 Å². The van der Waals surface area contributed by atoms with Gasteiger partial charge in [-0.15, -0.1) is 0 Å². The van der Waals surface area contributed by atoms with Crippen LogP contribution >= 0.6 is 0 Å². The number of aryl methyl sites for hydroxylation is 1. The molecule has 2 rings (SSSR count). The molecule has 4 heteroatoms. The molecular weight excluding hydrogens is 192 g/mol. The fraction of sp³-hybridized carbons (Fsp3) is 0.182. The SMILES string of the molecule is Cn1oc(=O)cc1C(N)c1ccccc1. The summed E-state index contributed by atoms with van der Waals surface area (Å²) in [5.74, 6) is 0. The van der Waals surface area contributed by atoms with E-state index in [0.717, 1.165) is 5.56 Å². The molecule has 15 heavy (non-hydrogen) atoms. The van der Waals surface area contributed by atoms with Crippen LogP contribution < -0.4 is 11.4 Å². The molecule has 0 amide bonds. The standard InChI is InChI=1S/C11H12N2O2/c1-13-9(7-10(14)15-13)11(12)8-5-3-2-4-6-8/h2-7,11H,12H2,1H3. The number of aromatic nitrogens is 1. The number of benzene rings is 1. The maximum Gasteiger partial charge on any atom is 0.357 e. The molecule has 2 aromatic rings. The molecule has 0 aliphatic heterocycles. The maximum atomic E-state index is 11.0. The first-order valence-corrected chi connectivity index (χ1v) is 4.66. The Morgan fingerprint density at radius 2 is 2.00 bits per heavy atom. The highest BCUT2D eigenvalue weighted by molar-refractivity contribution is 5.26. The Morgan fingerprint density at radius 1 is 1.33 bits per heavy atom. The molecule has 0 aliphatic carbocycles. The van der Waals surface area contributed by atoms with E-state index >= 15 is 0 Å². The lowest BCUT2D eigenvalue weighted by atomic mass is 10.1. The smallest absolute Gasteiger partial charge is 0.336 e. The van der Waals surface area contributed by atoms with Crippen LogP contribution in [0.1, 0.15) is 17.3 Å². The van der Waals surface area contributed by atoms with Gasteiger partial charge in [-0.1, -0.05) is 30.3 Å². The summed E-state index contributed by atoms with van der Waals surface area (Å²) < 4.78 is 6.24. The topological polar surface area (TPSA) is 61.2 Å². The van der Waals surface area contributed by atoms with Gasteiger partial charge >= 0.3 is 5.63 Å². The maximum absolute atomic E-state index is 11.0. The molecule has 0 saturated heterocycles. The van der Waals surface area contributed by atoms with Crippen LogP contribution in [0.15, 0.2) is 45.7 Å². The van der Waals surface area contributed by atoms with Gasteiger partial charge in [0.15, 0.2) is 0 Å².